The average molecular weight is 310 g/mol. The SMILES string of the molecule is CCCCCCCCCCCC(NC)c1cc(C)sc1C. The van der Waals surface area contributed by atoms with Gasteiger partial charge in [-0.25, -0.2) is 0 Å². The van der Waals surface area contributed by atoms with Crippen molar-refractivity contribution < 1.29 is 0 Å². The van der Waals surface area contributed by atoms with E-state index in [4.69, 9.17) is 0 Å². The molecule has 1 atom stereocenters. The Labute approximate surface area is 136 Å². The topological polar surface area (TPSA) is 12.0 Å². The zero-order valence-electron chi connectivity index (χ0n) is 14.6. The molecule has 1 heterocycles. The monoisotopic (exact) mass is 309 g/mol. The molecule has 0 saturated carbocycles. The minimum Gasteiger partial charge on any atom is -0.313 e. The van der Waals surface area contributed by atoms with E-state index in [0.717, 1.165) is 0 Å². The molecule has 122 valence electrons. The summed E-state index contributed by atoms with van der Waals surface area (Å²) in [5, 5.41) is 3.50. The van der Waals surface area contributed by atoms with Crippen LogP contribution in [0.3, 0.4) is 0 Å². The van der Waals surface area contributed by atoms with Gasteiger partial charge in [0.1, 0.15) is 0 Å². The van der Waals surface area contributed by atoms with Gasteiger partial charge < -0.3 is 5.32 Å². The molecule has 0 aliphatic rings. The van der Waals surface area contributed by atoms with Gasteiger partial charge in [0.05, 0.1) is 0 Å². The van der Waals surface area contributed by atoms with Gasteiger partial charge in [-0.15, -0.1) is 11.3 Å². The lowest BCUT2D eigenvalue weighted by atomic mass is 10.00. The van der Waals surface area contributed by atoms with Crippen molar-refractivity contribution in [1.29, 1.82) is 0 Å². The third kappa shape index (κ3) is 7.46. The third-order valence-corrected chi connectivity index (χ3v) is 5.38. The average Bonchev–Trinajstić information content (AvgIpc) is 2.80. The molecule has 1 N–H and O–H groups in total. The van der Waals surface area contributed by atoms with Crippen molar-refractivity contribution >= 4 is 11.3 Å². The number of thiophene rings is 1. The zero-order valence-corrected chi connectivity index (χ0v) is 15.5. The van der Waals surface area contributed by atoms with Crippen molar-refractivity contribution in [3.8, 4) is 0 Å². The summed E-state index contributed by atoms with van der Waals surface area (Å²) in [7, 11) is 2.10. The maximum Gasteiger partial charge on any atom is 0.0328 e. The van der Waals surface area contributed by atoms with Crippen LogP contribution in [0.4, 0.5) is 0 Å². The molecule has 0 bridgehead atoms. The van der Waals surface area contributed by atoms with Crippen LogP contribution in [0.15, 0.2) is 6.07 Å². The van der Waals surface area contributed by atoms with Crippen LogP contribution in [0, 0.1) is 13.8 Å². The van der Waals surface area contributed by atoms with Crippen LogP contribution in [-0.2, 0) is 0 Å². The van der Waals surface area contributed by atoms with Crippen molar-refractivity contribution in [3.05, 3.63) is 21.4 Å². The van der Waals surface area contributed by atoms with E-state index < -0.39 is 0 Å². The molecular weight excluding hydrogens is 274 g/mol. The van der Waals surface area contributed by atoms with Crippen LogP contribution in [0.2, 0.25) is 0 Å². The molecule has 0 amide bonds. The summed E-state index contributed by atoms with van der Waals surface area (Å²) in [5.41, 5.74) is 1.53. The summed E-state index contributed by atoms with van der Waals surface area (Å²) < 4.78 is 0. The minimum absolute atomic E-state index is 0.555. The molecule has 21 heavy (non-hydrogen) atoms. The fourth-order valence-electron chi connectivity index (χ4n) is 3.11. The van der Waals surface area contributed by atoms with Crippen molar-refractivity contribution in [1.82, 2.24) is 5.32 Å². The first kappa shape index (κ1) is 18.7. The molecule has 0 spiro atoms. The summed E-state index contributed by atoms with van der Waals surface area (Å²) >= 11 is 1.93. The molecule has 1 aromatic heterocycles. The van der Waals surface area contributed by atoms with Gasteiger partial charge in [0.25, 0.3) is 0 Å². The van der Waals surface area contributed by atoms with Crippen molar-refractivity contribution in [3.63, 3.8) is 0 Å². The molecule has 0 aromatic carbocycles. The van der Waals surface area contributed by atoms with Gasteiger partial charge in [-0.05, 0) is 38.9 Å². The molecule has 0 aliphatic heterocycles. The Morgan fingerprint density at radius 1 is 0.952 bits per heavy atom. The van der Waals surface area contributed by atoms with E-state index in [-0.39, 0.29) is 0 Å². The normalized spacial score (nSPS) is 12.8. The van der Waals surface area contributed by atoms with E-state index in [2.05, 4.69) is 39.2 Å². The standard InChI is InChI=1S/C19H35NS/c1-5-6-7-8-9-10-11-12-13-14-19(20-4)18-15-16(2)21-17(18)3/h15,19-20H,5-14H2,1-4H3. The predicted octanol–water partition coefficient (Wildman–Crippen LogP) is 6.55. The van der Waals surface area contributed by atoms with Crippen LogP contribution in [0.1, 0.15) is 92.5 Å². The van der Waals surface area contributed by atoms with Crippen LogP contribution < -0.4 is 5.32 Å². The molecular formula is C19H35NS. The molecule has 0 saturated heterocycles. The van der Waals surface area contributed by atoms with Gasteiger partial charge >= 0.3 is 0 Å². The third-order valence-electron chi connectivity index (χ3n) is 4.40. The zero-order chi connectivity index (χ0) is 15.5. The minimum atomic E-state index is 0.555. The van der Waals surface area contributed by atoms with Crippen LogP contribution in [-0.4, -0.2) is 7.05 Å². The molecule has 2 heteroatoms. The number of nitrogens with one attached hydrogen (secondary N) is 1. The van der Waals surface area contributed by atoms with E-state index in [1.807, 2.05) is 11.3 Å². The number of aryl methyl sites for hydroxylation is 2. The van der Waals surface area contributed by atoms with Crippen molar-refractivity contribution in [2.75, 3.05) is 7.05 Å². The van der Waals surface area contributed by atoms with Gasteiger partial charge in [0, 0.05) is 15.8 Å². The second kappa shape index (κ2) is 11.3. The lowest BCUT2D eigenvalue weighted by Gasteiger charge is -2.16. The molecule has 1 nitrogen and oxygen atoms in total. The lowest BCUT2D eigenvalue weighted by molar-refractivity contribution is 0.493. The van der Waals surface area contributed by atoms with Crippen LogP contribution >= 0.6 is 11.3 Å². The molecule has 0 radical (unpaired) electrons. The maximum atomic E-state index is 3.50. The van der Waals surface area contributed by atoms with Crippen molar-refractivity contribution in [2.45, 2.75) is 91.0 Å². The van der Waals surface area contributed by atoms with Gasteiger partial charge in [-0.3, -0.25) is 0 Å². The second-order valence-electron chi connectivity index (χ2n) is 6.33. The Bertz CT molecular complexity index is 370. The van der Waals surface area contributed by atoms with Crippen LogP contribution in [0.25, 0.3) is 0 Å². The first-order valence-electron chi connectivity index (χ1n) is 8.93. The van der Waals surface area contributed by atoms with E-state index in [1.165, 1.54) is 79.5 Å². The first-order chi connectivity index (χ1) is 10.2. The van der Waals surface area contributed by atoms with Gasteiger partial charge in [-0.1, -0.05) is 64.7 Å². The Kier molecular flexibility index (Phi) is 10.0. The Hall–Kier alpha value is -0.340. The van der Waals surface area contributed by atoms with E-state index in [1.54, 1.807) is 0 Å². The number of hydrogen-bond acceptors (Lipinski definition) is 2. The predicted molar refractivity (Wildman–Crippen MR) is 97.4 cm³/mol. The van der Waals surface area contributed by atoms with Gasteiger partial charge in [0.15, 0.2) is 0 Å². The largest absolute Gasteiger partial charge is 0.313 e. The highest BCUT2D eigenvalue weighted by Gasteiger charge is 2.13. The Balaban J connectivity index is 2.12. The number of hydrogen-bond donors (Lipinski definition) is 1. The quantitative estimate of drug-likeness (QED) is 0.432. The Morgan fingerprint density at radius 2 is 1.52 bits per heavy atom. The maximum absolute atomic E-state index is 3.50. The molecule has 0 fully saturated rings. The molecule has 0 aliphatic carbocycles. The highest BCUT2D eigenvalue weighted by molar-refractivity contribution is 7.12. The molecule has 1 unspecified atom stereocenters. The van der Waals surface area contributed by atoms with Gasteiger partial charge in [-0.2, -0.15) is 0 Å². The number of unbranched alkanes of at least 4 members (excludes halogenated alkanes) is 8. The fourth-order valence-corrected chi connectivity index (χ4v) is 4.10. The molecule has 1 aromatic rings. The first-order valence-corrected chi connectivity index (χ1v) is 9.74. The highest BCUT2D eigenvalue weighted by Crippen LogP contribution is 2.29. The lowest BCUT2D eigenvalue weighted by Crippen LogP contribution is -2.16. The fraction of sp³-hybridized carbons (Fsp3) is 0.789. The number of rotatable bonds is 12. The smallest absolute Gasteiger partial charge is 0.0328 e. The summed E-state index contributed by atoms with van der Waals surface area (Å²) in [5.74, 6) is 0. The summed E-state index contributed by atoms with van der Waals surface area (Å²) in [4.78, 5) is 2.93. The van der Waals surface area contributed by atoms with Crippen molar-refractivity contribution in [2.24, 2.45) is 0 Å². The van der Waals surface area contributed by atoms with Gasteiger partial charge in [0.2, 0.25) is 0 Å². The van der Waals surface area contributed by atoms with E-state index in [9.17, 15) is 0 Å². The van der Waals surface area contributed by atoms with Crippen LogP contribution in [0.5, 0.6) is 0 Å². The summed E-state index contributed by atoms with van der Waals surface area (Å²) in [6.45, 7) is 6.76. The highest BCUT2D eigenvalue weighted by atomic mass is 32.1. The molecule has 1 rings (SSSR count). The summed E-state index contributed by atoms with van der Waals surface area (Å²) in [6.07, 6.45) is 14.0. The Morgan fingerprint density at radius 3 is 2.00 bits per heavy atom. The van der Waals surface area contributed by atoms with E-state index in [0.29, 0.717) is 6.04 Å². The summed E-state index contributed by atoms with van der Waals surface area (Å²) in [6, 6.07) is 2.93. The van der Waals surface area contributed by atoms with E-state index >= 15 is 0 Å². The second-order valence-corrected chi connectivity index (χ2v) is 7.79.